The van der Waals surface area contributed by atoms with Gasteiger partial charge in [-0.3, -0.25) is 19.1 Å². The van der Waals surface area contributed by atoms with Gasteiger partial charge in [-0.1, -0.05) is 29.8 Å². The van der Waals surface area contributed by atoms with Gasteiger partial charge in [-0.05, 0) is 49.6 Å². The number of nitrogens with one attached hydrogen (secondary N) is 1. The lowest BCUT2D eigenvalue weighted by atomic mass is 10.1. The fraction of sp³-hybridized carbons (Fsp3) is 0.286. The van der Waals surface area contributed by atoms with E-state index >= 15 is 0 Å². The second-order valence-corrected chi connectivity index (χ2v) is 7.87. The molecular weight excluding hydrogens is 376 g/mol. The zero-order chi connectivity index (χ0) is 19.4. The number of nitrogens with zero attached hydrogens (tertiary/aromatic N) is 3. The number of aromatic nitrogens is 2. The van der Waals surface area contributed by atoms with Crippen molar-refractivity contribution in [3.63, 3.8) is 0 Å². The Balaban J connectivity index is 1.47. The number of imidazole rings is 1. The van der Waals surface area contributed by atoms with E-state index in [9.17, 15) is 9.59 Å². The summed E-state index contributed by atoms with van der Waals surface area (Å²) in [7, 11) is 0. The Morgan fingerprint density at radius 1 is 1.25 bits per heavy atom. The third-order valence-corrected chi connectivity index (χ3v) is 5.63. The van der Waals surface area contributed by atoms with E-state index in [2.05, 4.69) is 10.3 Å². The number of halogens is 1. The smallest absolute Gasteiger partial charge is 0.253 e. The third kappa shape index (κ3) is 2.76. The van der Waals surface area contributed by atoms with Gasteiger partial charge in [-0.25, -0.2) is 4.98 Å². The van der Waals surface area contributed by atoms with Gasteiger partial charge in [0.15, 0.2) is 0 Å². The maximum Gasteiger partial charge on any atom is 0.253 e. The number of amides is 2. The predicted octanol–water partition coefficient (Wildman–Crippen LogP) is 4.08. The van der Waals surface area contributed by atoms with Gasteiger partial charge in [0.05, 0.1) is 17.5 Å². The molecule has 1 aromatic heterocycles. The topological polar surface area (TPSA) is 67.2 Å². The SMILES string of the molecule is Cc1ccc(Cl)cc1NC(=O)C[C@H]1C(=O)N(C2CC2)c2nc3ccccc3n21. The van der Waals surface area contributed by atoms with E-state index in [1.54, 1.807) is 17.0 Å². The van der Waals surface area contributed by atoms with Crippen LogP contribution in [-0.2, 0) is 9.59 Å². The van der Waals surface area contributed by atoms with Crippen molar-refractivity contribution in [3.05, 3.63) is 53.1 Å². The average Bonchev–Trinajstić information content (AvgIpc) is 3.37. The molecule has 1 aliphatic carbocycles. The van der Waals surface area contributed by atoms with Crippen molar-refractivity contribution in [3.8, 4) is 0 Å². The maximum atomic E-state index is 13.1. The van der Waals surface area contributed by atoms with E-state index in [1.807, 2.05) is 41.8 Å². The van der Waals surface area contributed by atoms with Gasteiger partial charge >= 0.3 is 0 Å². The summed E-state index contributed by atoms with van der Waals surface area (Å²) in [5.41, 5.74) is 3.30. The molecule has 1 atom stereocenters. The molecule has 0 unspecified atom stereocenters. The zero-order valence-electron chi connectivity index (χ0n) is 15.4. The molecule has 2 amide bonds. The first-order chi connectivity index (χ1) is 13.5. The average molecular weight is 395 g/mol. The Morgan fingerprint density at radius 2 is 2.04 bits per heavy atom. The van der Waals surface area contributed by atoms with Crippen LogP contribution in [0.1, 0.15) is 30.9 Å². The summed E-state index contributed by atoms with van der Waals surface area (Å²) in [6, 6.07) is 12.7. The summed E-state index contributed by atoms with van der Waals surface area (Å²) in [4.78, 5) is 32.4. The number of para-hydroxylation sites is 2. The number of rotatable bonds is 4. The number of carbonyl (C=O) groups is 2. The molecule has 1 saturated carbocycles. The Bertz CT molecular complexity index is 1120. The molecule has 0 saturated heterocycles. The summed E-state index contributed by atoms with van der Waals surface area (Å²) in [5.74, 6) is 0.393. The first-order valence-electron chi connectivity index (χ1n) is 9.39. The number of hydrogen-bond donors (Lipinski definition) is 1. The molecule has 142 valence electrons. The lowest BCUT2D eigenvalue weighted by Gasteiger charge is -2.15. The highest BCUT2D eigenvalue weighted by atomic mass is 35.5. The molecule has 7 heteroatoms. The Kier molecular flexibility index (Phi) is 3.91. The summed E-state index contributed by atoms with van der Waals surface area (Å²) in [6.45, 7) is 1.91. The first-order valence-corrected chi connectivity index (χ1v) is 9.77. The molecule has 2 aromatic carbocycles. The van der Waals surface area contributed by atoms with Gasteiger partial charge in [-0.15, -0.1) is 0 Å². The van der Waals surface area contributed by atoms with Crippen molar-refractivity contribution in [1.82, 2.24) is 9.55 Å². The van der Waals surface area contributed by atoms with E-state index in [1.165, 1.54) is 0 Å². The molecule has 5 rings (SSSR count). The van der Waals surface area contributed by atoms with Gasteiger partial charge < -0.3 is 5.32 Å². The molecule has 2 heterocycles. The quantitative estimate of drug-likeness (QED) is 0.725. The molecule has 28 heavy (non-hydrogen) atoms. The van der Waals surface area contributed by atoms with Gasteiger partial charge in [-0.2, -0.15) is 0 Å². The van der Waals surface area contributed by atoms with Crippen molar-refractivity contribution < 1.29 is 9.59 Å². The Labute approximate surface area is 167 Å². The third-order valence-electron chi connectivity index (χ3n) is 5.39. The molecular formula is C21H19ClN4O2. The monoisotopic (exact) mass is 394 g/mol. The summed E-state index contributed by atoms with van der Waals surface area (Å²) >= 11 is 6.05. The lowest BCUT2D eigenvalue weighted by molar-refractivity contribution is -0.124. The summed E-state index contributed by atoms with van der Waals surface area (Å²) < 4.78 is 1.92. The largest absolute Gasteiger partial charge is 0.326 e. The second kappa shape index (κ2) is 6.34. The summed E-state index contributed by atoms with van der Waals surface area (Å²) in [5, 5.41) is 3.46. The fourth-order valence-corrected chi connectivity index (χ4v) is 4.01. The van der Waals surface area contributed by atoms with E-state index in [0.29, 0.717) is 16.7 Å². The van der Waals surface area contributed by atoms with Gasteiger partial charge in [0.25, 0.3) is 5.91 Å². The summed E-state index contributed by atoms with van der Waals surface area (Å²) in [6.07, 6.45) is 2.02. The minimum atomic E-state index is -0.581. The van der Waals surface area contributed by atoms with Crippen LogP contribution in [0.2, 0.25) is 5.02 Å². The van der Waals surface area contributed by atoms with E-state index in [0.717, 1.165) is 29.4 Å². The molecule has 0 radical (unpaired) electrons. The first kappa shape index (κ1) is 17.3. The molecule has 1 aliphatic heterocycles. The fourth-order valence-electron chi connectivity index (χ4n) is 3.84. The van der Waals surface area contributed by atoms with E-state index in [-0.39, 0.29) is 24.3 Å². The highest BCUT2D eigenvalue weighted by Crippen LogP contribution is 2.42. The number of aryl methyl sites for hydroxylation is 1. The van der Waals surface area contributed by atoms with Gasteiger partial charge in [0.1, 0.15) is 6.04 Å². The molecule has 1 N–H and O–H groups in total. The van der Waals surface area contributed by atoms with Crippen molar-refractivity contribution in [2.75, 3.05) is 10.2 Å². The van der Waals surface area contributed by atoms with E-state index in [4.69, 9.17) is 11.6 Å². The highest BCUT2D eigenvalue weighted by Gasteiger charge is 2.47. The number of anilines is 2. The second-order valence-electron chi connectivity index (χ2n) is 7.44. The lowest BCUT2D eigenvalue weighted by Crippen LogP contribution is -2.33. The molecule has 3 aromatic rings. The number of benzene rings is 2. The highest BCUT2D eigenvalue weighted by molar-refractivity contribution is 6.31. The number of carbonyl (C=O) groups excluding carboxylic acids is 2. The van der Waals surface area contributed by atoms with Crippen LogP contribution >= 0.6 is 11.6 Å². The van der Waals surface area contributed by atoms with Crippen LogP contribution in [0.25, 0.3) is 11.0 Å². The Hall–Kier alpha value is -2.86. The predicted molar refractivity (Wildman–Crippen MR) is 109 cm³/mol. The van der Waals surface area contributed by atoms with Crippen LogP contribution in [-0.4, -0.2) is 27.4 Å². The Morgan fingerprint density at radius 3 is 2.82 bits per heavy atom. The van der Waals surface area contributed by atoms with Crippen molar-refractivity contribution in [1.29, 1.82) is 0 Å². The van der Waals surface area contributed by atoms with Crippen LogP contribution in [0.5, 0.6) is 0 Å². The van der Waals surface area contributed by atoms with Gasteiger partial charge in [0.2, 0.25) is 11.9 Å². The molecule has 6 nitrogen and oxygen atoms in total. The molecule has 0 spiro atoms. The normalized spacial score (nSPS) is 18.6. The van der Waals surface area contributed by atoms with Crippen molar-refractivity contribution >= 4 is 46.1 Å². The number of fused-ring (bicyclic) bond motifs is 3. The van der Waals surface area contributed by atoms with Crippen LogP contribution in [0.15, 0.2) is 42.5 Å². The molecule has 0 bridgehead atoms. The van der Waals surface area contributed by atoms with Crippen LogP contribution in [0.4, 0.5) is 11.6 Å². The maximum absolute atomic E-state index is 13.1. The van der Waals surface area contributed by atoms with Crippen LogP contribution in [0, 0.1) is 6.92 Å². The zero-order valence-corrected chi connectivity index (χ0v) is 16.1. The van der Waals surface area contributed by atoms with Crippen LogP contribution < -0.4 is 10.2 Å². The minimum Gasteiger partial charge on any atom is -0.326 e. The standard InChI is InChI=1S/C21H19ClN4O2/c1-12-6-7-13(22)10-16(12)23-19(27)11-18-20(28)25(14-8-9-14)21-24-15-4-2-3-5-17(15)26(18)21/h2-7,10,14,18H,8-9,11H2,1H3,(H,23,27)/t18-/m0/s1. The van der Waals surface area contributed by atoms with Gasteiger partial charge in [0, 0.05) is 16.8 Å². The van der Waals surface area contributed by atoms with Crippen LogP contribution in [0.3, 0.4) is 0 Å². The van der Waals surface area contributed by atoms with Crippen molar-refractivity contribution in [2.45, 2.75) is 38.3 Å². The molecule has 2 aliphatic rings. The van der Waals surface area contributed by atoms with E-state index < -0.39 is 6.04 Å². The molecule has 1 fully saturated rings. The number of hydrogen-bond acceptors (Lipinski definition) is 3. The minimum absolute atomic E-state index is 0.0475. The van der Waals surface area contributed by atoms with Crippen molar-refractivity contribution in [2.24, 2.45) is 0 Å².